The molecule has 2 aromatic carbocycles. The number of hydrogen-bond acceptors (Lipinski definition) is 6. The third-order valence-electron chi connectivity index (χ3n) is 4.89. The number of ether oxygens (including phenoxy) is 2. The predicted octanol–water partition coefficient (Wildman–Crippen LogP) is 6.09. The lowest BCUT2D eigenvalue weighted by molar-refractivity contribution is -0.154. The van der Waals surface area contributed by atoms with Crippen LogP contribution in [0, 0.1) is 13.8 Å². The van der Waals surface area contributed by atoms with Crippen molar-refractivity contribution in [3.05, 3.63) is 87.2 Å². The Morgan fingerprint density at radius 3 is 2.47 bits per heavy atom. The maximum absolute atomic E-state index is 13.8. The Morgan fingerprint density at radius 1 is 1.03 bits per heavy atom. The van der Waals surface area contributed by atoms with Crippen LogP contribution in [0.1, 0.15) is 33.2 Å². The summed E-state index contributed by atoms with van der Waals surface area (Å²) in [5, 5.41) is 8.75. The minimum absolute atomic E-state index is 0.0836. The molecule has 0 aliphatic heterocycles. The van der Waals surface area contributed by atoms with Gasteiger partial charge in [-0.3, -0.25) is 4.79 Å². The molecule has 176 valence electrons. The first-order chi connectivity index (χ1) is 16.0. The number of hydrogen-bond donors (Lipinski definition) is 1. The molecule has 0 radical (unpaired) electrons. The summed E-state index contributed by atoms with van der Waals surface area (Å²) < 4.78 is 62.3. The van der Waals surface area contributed by atoms with E-state index in [1.54, 1.807) is 26.0 Å². The van der Waals surface area contributed by atoms with Crippen molar-refractivity contribution in [3.63, 3.8) is 0 Å². The summed E-state index contributed by atoms with van der Waals surface area (Å²) in [5.41, 5.74) is -0.0499. The maximum Gasteiger partial charge on any atom is 0.453 e. The van der Waals surface area contributed by atoms with Crippen molar-refractivity contribution < 1.29 is 41.4 Å². The number of halogens is 3. The smallest absolute Gasteiger partial charge is 0.453 e. The lowest BCUT2D eigenvalue weighted by atomic mass is 10.1. The van der Waals surface area contributed by atoms with Crippen LogP contribution in [-0.2, 0) is 12.8 Å². The van der Waals surface area contributed by atoms with Crippen molar-refractivity contribution in [2.45, 2.75) is 26.6 Å². The first-order valence-electron chi connectivity index (χ1n) is 9.91. The Morgan fingerprint density at radius 2 is 1.79 bits per heavy atom. The zero-order chi connectivity index (χ0) is 24.6. The van der Waals surface area contributed by atoms with Gasteiger partial charge in [0.15, 0.2) is 0 Å². The fourth-order valence-electron chi connectivity index (χ4n) is 3.18. The summed E-state index contributed by atoms with van der Waals surface area (Å²) >= 11 is 0. The first kappa shape index (κ1) is 23.0. The van der Waals surface area contributed by atoms with Crippen molar-refractivity contribution >= 4 is 16.9 Å². The fraction of sp³-hybridized carbons (Fsp3) is 0.167. The van der Waals surface area contributed by atoms with Gasteiger partial charge in [0.2, 0.25) is 16.9 Å². The minimum atomic E-state index is -5.00. The Labute approximate surface area is 189 Å². The van der Waals surface area contributed by atoms with E-state index >= 15 is 0 Å². The van der Waals surface area contributed by atoms with E-state index in [4.69, 9.17) is 23.4 Å². The van der Waals surface area contributed by atoms with E-state index in [-0.39, 0.29) is 40.6 Å². The van der Waals surface area contributed by atoms with Crippen molar-refractivity contribution in [1.82, 2.24) is 0 Å². The molecule has 10 heteroatoms. The maximum atomic E-state index is 13.8. The predicted molar refractivity (Wildman–Crippen MR) is 113 cm³/mol. The molecule has 4 rings (SSSR count). The van der Waals surface area contributed by atoms with Crippen LogP contribution in [0.25, 0.3) is 11.0 Å². The number of furan rings is 1. The van der Waals surface area contributed by atoms with Gasteiger partial charge in [0.25, 0.3) is 5.76 Å². The second kappa shape index (κ2) is 8.62. The van der Waals surface area contributed by atoms with Crippen LogP contribution in [0.15, 0.2) is 62.2 Å². The molecule has 4 aromatic rings. The highest BCUT2D eigenvalue weighted by atomic mass is 19.4. The van der Waals surface area contributed by atoms with Crippen molar-refractivity contribution in [2.75, 3.05) is 0 Å². The molecule has 0 aliphatic rings. The van der Waals surface area contributed by atoms with Crippen LogP contribution >= 0.6 is 0 Å². The average molecular weight is 474 g/mol. The van der Waals surface area contributed by atoms with Crippen molar-refractivity contribution in [2.24, 2.45) is 0 Å². The second-order valence-corrected chi connectivity index (χ2v) is 7.48. The molecule has 34 heavy (non-hydrogen) atoms. The molecule has 0 aliphatic carbocycles. The third kappa shape index (κ3) is 4.61. The highest BCUT2D eigenvalue weighted by Crippen LogP contribution is 2.39. The van der Waals surface area contributed by atoms with Crippen LogP contribution in [0.5, 0.6) is 17.2 Å². The molecule has 0 saturated heterocycles. The molecular weight excluding hydrogens is 457 g/mol. The number of carboxylic acid groups (broad SMARTS) is 1. The van der Waals surface area contributed by atoms with E-state index < -0.39 is 29.1 Å². The number of rotatable bonds is 6. The quantitative estimate of drug-likeness (QED) is 0.361. The highest BCUT2D eigenvalue weighted by Gasteiger charge is 2.40. The van der Waals surface area contributed by atoms with Crippen LogP contribution in [-0.4, -0.2) is 11.1 Å². The van der Waals surface area contributed by atoms with Gasteiger partial charge in [-0.1, -0.05) is 12.1 Å². The van der Waals surface area contributed by atoms with Gasteiger partial charge in [-0.05, 0) is 55.3 Å². The van der Waals surface area contributed by atoms with Gasteiger partial charge in [-0.15, -0.1) is 0 Å². The molecule has 0 fully saturated rings. The summed E-state index contributed by atoms with van der Waals surface area (Å²) in [6.07, 6.45) is -5.00. The van der Waals surface area contributed by atoms with Gasteiger partial charge in [0.05, 0.1) is 5.39 Å². The number of benzene rings is 2. The zero-order valence-electron chi connectivity index (χ0n) is 17.9. The van der Waals surface area contributed by atoms with E-state index in [0.717, 1.165) is 11.6 Å². The van der Waals surface area contributed by atoms with Gasteiger partial charge in [-0.2, -0.15) is 13.2 Å². The van der Waals surface area contributed by atoms with E-state index in [1.807, 2.05) is 0 Å². The Kier molecular flexibility index (Phi) is 5.82. The SMILES string of the molecule is Cc1ccc(C)c(Oc2c(C(F)(F)F)oc3cc(OCc4ccc(C(=O)O)o4)ccc3c2=O)c1. The summed E-state index contributed by atoms with van der Waals surface area (Å²) in [7, 11) is 0. The van der Waals surface area contributed by atoms with Gasteiger partial charge >= 0.3 is 12.1 Å². The molecule has 0 atom stereocenters. The number of aromatic carboxylic acids is 1. The van der Waals surface area contributed by atoms with E-state index in [0.29, 0.717) is 5.56 Å². The van der Waals surface area contributed by atoms with Crippen molar-refractivity contribution in [3.8, 4) is 17.2 Å². The third-order valence-corrected chi connectivity index (χ3v) is 4.89. The highest BCUT2D eigenvalue weighted by molar-refractivity contribution is 5.84. The molecule has 0 amide bonds. The number of alkyl halides is 3. The second-order valence-electron chi connectivity index (χ2n) is 7.48. The minimum Gasteiger partial charge on any atom is -0.486 e. The Balaban J connectivity index is 1.71. The van der Waals surface area contributed by atoms with E-state index in [1.165, 1.54) is 30.3 Å². The Bertz CT molecular complexity index is 1450. The largest absolute Gasteiger partial charge is 0.486 e. The summed E-state index contributed by atoms with van der Waals surface area (Å²) in [6, 6.07) is 11.4. The van der Waals surface area contributed by atoms with Crippen molar-refractivity contribution in [1.29, 1.82) is 0 Å². The molecule has 0 unspecified atom stereocenters. The number of aryl methyl sites for hydroxylation is 2. The molecule has 7 nitrogen and oxygen atoms in total. The standard InChI is InChI=1S/C24H17F3O7/c1-12-3-4-13(2)18(9-12)33-21-20(28)16-7-5-14(10-19(16)34-22(21)24(25,26)27)31-11-15-6-8-17(32-15)23(29)30/h3-10H,11H2,1-2H3,(H,29,30). The van der Waals surface area contributed by atoms with Crippen LogP contribution < -0.4 is 14.9 Å². The Hall–Kier alpha value is -4.21. The lowest BCUT2D eigenvalue weighted by Gasteiger charge is -2.15. The van der Waals surface area contributed by atoms with Gasteiger partial charge in [0.1, 0.15) is 29.4 Å². The summed E-state index contributed by atoms with van der Waals surface area (Å²) in [6.45, 7) is 3.20. The fourth-order valence-corrected chi connectivity index (χ4v) is 3.18. The molecule has 1 N–H and O–H groups in total. The summed E-state index contributed by atoms with van der Waals surface area (Å²) in [5.74, 6) is -3.69. The molecular formula is C24H17F3O7. The number of carboxylic acids is 1. The van der Waals surface area contributed by atoms with Gasteiger partial charge in [-0.25, -0.2) is 4.79 Å². The lowest BCUT2D eigenvalue weighted by Crippen LogP contribution is -2.15. The molecule has 2 heterocycles. The van der Waals surface area contributed by atoms with E-state index in [9.17, 15) is 22.8 Å². The molecule has 0 saturated carbocycles. The summed E-state index contributed by atoms with van der Waals surface area (Å²) in [4.78, 5) is 23.8. The molecule has 2 aromatic heterocycles. The van der Waals surface area contributed by atoms with Crippen LogP contribution in [0.3, 0.4) is 0 Å². The van der Waals surface area contributed by atoms with Gasteiger partial charge < -0.3 is 23.4 Å². The first-order valence-corrected chi connectivity index (χ1v) is 9.91. The zero-order valence-corrected chi connectivity index (χ0v) is 17.9. The number of carbonyl (C=O) groups is 1. The molecule has 0 bridgehead atoms. The topological polar surface area (TPSA) is 99.1 Å². The van der Waals surface area contributed by atoms with E-state index in [2.05, 4.69) is 0 Å². The van der Waals surface area contributed by atoms with Gasteiger partial charge in [0, 0.05) is 6.07 Å². The monoisotopic (exact) mass is 474 g/mol. The normalized spacial score (nSPS) is 11.6. The average Bonchev–Trinajstić information content (AvgIpc) is 3.25. The molecule has 0 spiro atoms. The van der Waals surface area contributed by atoms with Crippen LogP contribution in [0.2, 0.25) is 0 Å². The van der Waals surface area contributed by atoms with Crippen LogP contribution in [0.4, 0.5) is 13.2 Å². The number of fused-ring (bicyclic) bond motifs is 1.